The minimum atomic E-state index is -3.93. The Morgan fingerprint density at radius 1 is 1.11 bits per heavy atom. The molecule has 1 aliphatic rings. The van der Waals surface area contributed by atoms with Crippen molar-refractivity contribution in [3.05, 3.63) is 76.9 Å². The predicted molar refractivity (Wildman–Crippen MR) is 174 cm³/mol. The molecule has 0 radical (unpaired) electrons. The normalized spacial score (nSPS) is 14.9. The van der Waals surface area contributed by atoms with Crippen molar-refractivity contribution in [2.24, 2.45) is 5.92 Å². The first-order valence-electron chi connectivity index (χ1n) is 14.7. The van der Waals surface area contributed by atoms with Crippen molar-refractivity contribution in [2.45, 2.75) is 69.4 Å². The van der Waals surface area contributed by atoms with E-state index in [4.69, 9.17) is 22.1 Å². The van der Waals surface area contributed by atoms with Gasteiger partial charge in [0.2, 0.25) is 15.9 Å². The molecule has 5 N–H and O–H groups in total. The number of sulfonamides is 1. The Bertz CT molecular complexity index is 1440. The van der Waals surface area contributed by atoms with E-state index in [1.807, 2.05) is 32.1 Å². The van der Waals surface area contributed by atoms with E-state index in [0.717, 1.165) is 17.6 Å². The van der Waals surface area contributed by atoms with Gasteiger partial charge in [0.05, 0.1) is 18.6 Å². The fourth-order valence-corrected chi connectivity index (χ4v) is 6.85. The third-order valence-corrected chi connectivity index (χ3v) is 9.87. The van der Waals surface area contributed by atoms with E-state index in [1.165, 1.54) is 35.7 Å². The van der Waals surface area contributed by atoms with E-state index < -0.39 is 34.1 Å². The van der Waals surface area contributed by atoms with Crippen molar-refractivity contribution >= 4 is 45.0 Å². The number of rotatable bonds is 15. The number of nitrogens with zero attached hydrogens (tertiary/aromatic N) is 1. The summed E-state index contributed by atoms with van der Waals surface area (Å²) in [5.41, 5.74) is 8.36. The lowest BCUT2D eigenvalue weighted by Crippen LogP contribution is -2.44. The molecule has 10 nitrogen and oxygen atoms in total. The number of hydrogen-bond acceptors (Lipinski definition) is 7. The van der Waals surface area contributed by atoms with Gasteiger partial charge in [0.25, 0.3) is 0 Å². The van der Waals surface area contributed by atoms with Crippen molar-refractivity contribution in [1.29, 1.82) is 0 Å². The van der Waals surface area contributed by atoms with Crippen LogP contribution in [0.3, 0.4) is 0 Å². The number of aryl methyl sites for hydroxylation is 1. The number of nitrogens with two attached hydrogens (primary N) is 1. The molecule has 44 heavy (non-hydrogen) atoms. The van der Waals surface area contributed by atoms with Gasteiger partial charge in [-0.05, 0) is 92.0 Å². The first kappa shape index (κ1) is 35.1. The number of anilines is 2. The summed E-state index contributed by atoms with van der Waals surface area (Å²) >= 11 is 6.36. The molecule has 0 spiro atoms. The number of nitrogen functional groups attached to an aromatic ring is 1. The molecule has 2 aromatic carbocycles. The lowest BCUT2D eigenvalue weighted by Gasteiger charge is -2.30. The molecule has 0 bridgehead atoms. The zero-order valence-corrected chi connectivity index (χ0v) is 27.0. The minimum absolute atomic E-state index is 0.106. The highest BCUT2D eigenvalue weighted by atomic mass is 35.5. The van der Waals surface area contributed by atoms with Crippen LogP contribution < -0.4 is 16.4 Å². The van der Waals surface area contributed by atoms with Gasteiger partial charge in [-0.3, -0.25) is 4.79 Å². The van der Waals surface area contributed by atoms with Crippen LogP contribution in [0.2, 0.25) is 0 Å². The number of amides is 2. The molecular formula is C32H43ClN4O6S. The quantitative estimate of drug-likeness (QED) is 0.194. The molecule has 12 heteroatoms. The van der Waals surface area contributed by atoms with Gasteiger partial charge in [0.15, 0.2) is 0 Å². The van der Waals surface area contributed by atoms with Gasteiger partial charge < -0.3 is 26.2 Å². The van der Waals surface area contributed by atoms with Gasteiger partial charge in [-0.2, -0.15) is 4.31 Å². The van der Waals surface area contributed by atoms with Gasteiger partial charge in [-0.25, -0.2) is 13.2 Å². The number of benzene rings is 2. The Morgan fingerprint density at radius 2 is 1.82 bits per heavy atom. The number of carbonyl (C=O) groups is 2. The molecule has 2 amide bonds. The van der Waals surface area contributed by atoms with Crippen LogP contribution in [0, 0.1) is 5.92 Å². The molecule has 2 atom stereocenters. The van der Waals surface area contributed by atoms with Crippen LogP contribution in [0.15, 0.2) is 76.2 Å². The Labute approximate surface area is 265 Å². The summed E-state index contributed by atoms with van der Waals surface area (Å²) in [5.74, 6) is -0.200. The summed E-state index contributed by atoms with van der Waals surface area (Å²) in [6, 6.07) is 11.6. The number of aliphatic hydroxyl groups is 1. The topological polar surface area (TPSA) is 151 Å². The number of aliphatic hydroxyl groups excluding tert-OH is 1. The summed E-state index contributed by atoms with van der Waals surface area (Å²) in [5, 5.41) is 16.5. The maximum absolute atomic E-state index is 13.7. The molecule has 240 valence electrons. The zero-order valence-electron chi connectivity index (χ0n) is 25.5. The maximum Gasteiger partial charge on any atom is 0.407 e. The lowest BCUT2D eigenvalue weighted by atomic mass is 9.97. The second kappa shape index (κ2) is 16.6. The maximum atomic E-state index is 13.7. The number of ether oxygens (including phenoxy) is 1. The van der Waals surface area contributed by atoms with Crippen molar-refractivity contribution in [2.75, 3.05) is 31.3 Å². The van der Waals surface area contributed by atoms with Crippen LogP contribution in [0.25, 0.3) is 0 Å². The van der Waals surface area contributed by atoms with Crippen molar-refractivity contribution in [1.82, 2.24) is 9.62 Å². The highest BCUT2D eigenvalue weighted by Gasteiger charge is 2.31. The van der Waals surface area contributed by atoms with Crippen LogP contribution in [-0.2, 0) is 26.0 Å². The smallest absolute Gasteiger partial charge is 0.407 e. The predicted octanol–water partition coefficient (Wildman–Crippen LogP) is 5.20. The largest absolute Gasteiger partial charge is 0.453 e. The Balaban J connectivity index is 1.81. The molecule has 2 aromatic rings. The SMILES string of the molecule is COC(=O)NC(CC1=C(Cl)C=CCC1)C(=O)Nc1ccccc1CCC(CO)N(CCC(C)C)S(=O)(=O)c1ccc(N)cc1. The van der Waals surface area contributed by atoms with E-state index in [9.17, 15) is 23.1 Å². The molecule has 0 heterocycles. The Morgan fingerprint density at radius 3 is 2.45 bits per heavy atom. The van der Waals surface area contributed by atoms with Crippen LogP contribution >= 0.6 is 11.6 Å². The summed E-state index contributed by atoms with van der Waals surface area (Å²) < 4.78 is 33.5. The van der Waals surface area contributed by atoms with Gasteiger partial charge >= 0.3 is 6.09 Å². The van der Waals surface area contributed by atoms with Crippen LogP contribution in [0.4, 0.5) is 16.2 Å². The summed E-state index contributed by atoms with van der Waals surface area (Å²) in [4.78, 5) is 25.6. The molecular weight excluding hydrogens is 604 g/mol. The third kappa shape index (κ3) is 9.82. The average Bonchev–Trinajstić information content (AvgIpc) is 3.00. The molecule has 0 saturated heterocycles. The minimum Gasteiger partial charge on any atom is -0.453 e. The molecule has 0 aliphatic heterocycles. The standard InChI is InChI=1S/C32H43ClN4O6S/c1-22(2)18-19-37(44(41,42)27-16-13-25(34)14-17-27)26(21-38)15-12-23-8-5-7-11-29(23)35-31(39)30(36-32(40)43-3)20-24-9-4-6-10-28(24)33/h5-8,10-11,13-14,16-17,22,26,30,38H,4,9,12,15,18-21,34H2,1-3H3,(H,35,39)(H,36,40). The average molecular weight is 647 g/mol. The third-order valence-electron chi connectivity index (χ3n) is 7.51. The lowest BCUT2D eigenvalue weighted by molar-refractivity contribution is -0.118. The van der Waals surface area contributed by atoms with Gasteiger partial charge in [0, 0.05) is 29.0 Å². The number of allylic oxidation sites excluding steroid dienone is 3. The first-order valence-corrected chi connectivity index (χ1v) is 16.5. The van der Waals surface area contributed by atoms with Crippen LogP contribution in [0.1, 0.15) is 51.5 Å². The van der Waals surface area contributed by atoms with E-state index in [2.05, 4.69) is 10.6 Å². The van der Waals surface area contributed by atoms with Gasteiger partial charge in [-0.15, -0.1) is 0 Å². The van der Waals surface area contributed by atoms with Gasteiger partial charge in [-0.1, -0.05) is 49.7 Å². The Kier molecular flexibility index (Phi) is 13.3. The van der Waals surface area contributed by atoms with E-state index >= 15 is 0 Å². The van der Waals surface area contributed by atoms with Crippen molar-refractivity contribution in [3.8, 4) is 0 Å². The number of para-hydroxylation sites is 1. The molecule has 3 rings (SSSR count). The monoisotopic (exact) mass is 646 g/mol. The molecule has 0 fully saturated rings. The van der Waals surface area contributed by atoms with Crippen LogP contribution in [-0.4, -0.2) is 62.2 Å². The highest BCUT2D eigenvalue weighted by Crippen LogP contribution is 2.28. The van der Waals surface area contributed by atoms with E-state index in [1.54, 1.807) is 18.2 Å². The van der Waals surface area contributed by atoms with Gasteiger partial charge in [0.1, 0.15) is 6.04 Å². The fraction of sp³-hybridized carbons (Fsp3) is 0.438. The molecule has 0 saturated carbocycles. The number of hydrogen-bond donors (Lipinski definition) is 4. The summed E-state index contributed by atoms with van der Waals surface area (Å²) in [6.07, 6.45) is 5.96. The number of carbonyl (C=O) groups excluding carboxylic acids is 2. The second-order valence-electron chi connectivity index (χ2n) is 11.2. The number of nitrogens with one attached hydrogen (secondary N) is 2. The number of methoxy groups -OCH3 is 1. The number of alkyl carbamates (subject to hydrolysis) is 1. The summed E-state index contributed by atoms with van der Waals surface area (Å²) in [7, 11) is -2.70. The van der Waals surface area contributed by atoms with Crippen molar-refractivity contribution in [3.63, 3.8) is 0 Å². The number of halogens is 1. The fourth-order valence-electron chi connectivity index (χ4n) is 4.93. The van der Waals surface area contributed by atoms with E-state index in [0.29, 0.717) is 42.1 Å². The highest BCUT2D eigenvalue weighted by molar-refractivity contribution is 7.89. The van der Waals surface area contributed by atoms with Crippen molar-refractivity contribution < 1.29 is 27.9 Å². The molecule has 1 aliphatic carbocycles. The molecule has 2 unspecified atom stereocenters. The Hall–Kier alpha value is -3.38. The molecule has 0 aromatic heterocycles. The second-order valence-corrected chi connectivity index (χ2v) is 13.5. The first-order chi connectivity index (χ1) is 21.0. The van der Waals surface area contributed by atoms with E-state index in [-0.39, 0.29) is 30.4 Å². The van der Waals surface area contributed by atoms with Crippen LogP contribution in [0.5, 0.6) is 0 Å². The zero-order chi connectivity index (χ0) is 32.3. The summed E-state index contributed by atoms with van der Waals surface area (Å²) in [6.45, 7) is 3.88.